The molecule has 0 aromatic rings. The first-order valence-electron chi connectivity index (χ1n) is 4.72. The van der Waals surface area contributed by atoms with E-state index in [1.807, 2.05) is 0 Å². The van der Waals surface area contributed by atoms with Gasteiger partial charge in [0.15, 0.2) is 0 Å². The Kier molecular flexibility index (Phi) is 8.03. The van der Waals surface area contributed by atoms with Crippen LogP contribution in [0.1, 0.15) is 52.4 Å². The summed E-state index contributed by atoms with van der Waals surface area (Å²) in [5, 5.41) is 0. The van der Waals surface area contributed by atoms with Crippen LogP contribution in [0.15, 0.2) is 0 Å². The minimum absolute atomic E-state index is 0.344. The molecule has 1 atom stereocenters. The van der Waals surface area contributed by atoms with Gasteiger partial charge in [0, 0.05) is 0 Å². The van der Waals surface area contributed by atoms with Crippen LogP contribution in [0.3, 0.4) is 0 Å². The van der Waals surface area contributed by atoms with Crippen molar-refractivity contribution in [2.24, 2.45) is 0 Å². The van der Waals surface area contributed by atoms with Crippen molar-refractivity contribution in [3.8, 4) is 0 Å². The summed E-state index contributed by atoms with van der Waals surface area (Å²) < 4.78 is 4.91. The van der Waals surface area contributed by atoms with Crippen molar-refractivity contribution >= 4 is 0 Å². The molecule has 0 N–H and O–H groups in total. The topological polar surface area (TPSA) is 9.23 Å². The SMILES string of the molecule is [CH2]OC(C)CCCCCCC. The Morgan fingerprint density at radius 1 is 1.18 bits per heavy atom. The maximum atomic E-state index is 4.91. The van der Waals surface area contributed by atoms with Gasteiger partial charge < -0.3 is 4.74 Å². The van der Waals surface area contributed by atoms with E-state index in [0.717, 1.165) is 6.42 Å². The zero-order chi connectivity index (χ0) is 8.53. The molecule has 0 spiro atoms. The van der Waals surface area contributed by atoms with Crippen LogP contribution in [0.5, 0.6) is 0 Å². The molecular weight excluding hydrogens is 136 g/mol. The molecule has 1 nitrogen and oxygen atoms in total. The summed E-state index contributed by atoms with van der Waals surface area (Å²) in [4.78, 5) is 0. The van der Waals surface area contributed by atoms with Gasteiger partial charge in [0.05, 0.1) is 13.2 Å². The summed E-state index contributed by atoms with van der Waals surface area (Å²) in [6, 6.07) is 0. The lowest BCUT2D eigenvalue weighted by atomic mass is 10.1. The molecule has 1 radical (unpaired) electrons. The number of rotatable bonds is 7. The molecule has 0 aliphatic heterocycles. The van der Waals surface area contributed by atoms with Crippen LogP contribution < -0.4 is 0 Å². The maximum Gasteiger partial charge on any atom is 0.0704 e. The van der Waals surface area contributed by atoms with Gasteiger partial charge >= 0.3 is 0 Å². The largest absolute Gasteiger partial charge is 0.376 e. The number of unbranched alkanes of at least 4 members (excludes halogenated alkanes) is 4. The smallest absolute Gasteiger partial charge is 0.0704 e. The lowest BCUT2D eigenvalue weighted by Crippen LogP contribution is -2.02. The van der Waals surface area contributed by atoms with Gasteiger partial charge in [-0.2, -0.15) is 0 Å². The molecule has 0 heterocycles. The predicted molar refractivity (Wildman–Crippen MR) is 49.3 cm³/mol. The van der Waals surface area contributed by atoms with Crippen molar-refractivity contribution < 1.29 is 4.74 Å². The van der Waals surface area contributed by atoms with Crippen molar-refractivity contribution in [2.45, 2.75) is 58.5 Å². The molecule has 0 aliphatic carbocycles. The Bertz CT molecular complexity index is 71.3. The van der Waals surface area contributed by atoms with E-state index in [0.29, 0.717) is 6.10 Å². The highest BCUT2D eigenvalue weighted by molar-refractivity contribution is 4.50. The second-order valence-corrected chi connectivity index (χ2v) is 3.18. The van der Waals surface area contributed by atoms with E-state index in [9.17, 15) is 0 Å². The first kappa shape index (κ1) is 11.0. The highest BCUT2D eigenvalue weighted by Gasteiger charge is 1.97. The monoisotopic (exact) mass is 157 g/mol. The quantitative estimate of drug-likeness (QED) is 0.513. The summed E-state index contributed by atoms with van der Waals surface area (Å²) in [5.74, 6) is 0. The van der Waals surface area contributed by atoms with Crippen LogP contribution >= 0.6 is 0 Å². The molecule has 0 aliphatic rings. The summed E-state index contributed by atoms with van der Waals surface area (Å²) in [6.07, 6.45) is 8.21. The number of ether oxygens (including phenoxy) is 1. The lowest BCUT2D eigenvalue weighted by molar-refractivity contribution is 0.143. The Morgan fingerprint density at radius 2 is 1.82 bits per heavy atom. The van der Waals surface area contributed by atoms with Gasteiger partial charge in [-0.3, -0.25) is 0 Å². The van der Waals surface area contributed by atoms with Gasteiger partial charge in [-0.15, -0.1) is 0 Å². The highest BCUT2D eigenvalue weighted by Crippen LogP contribution is 2.08. The van der Waals surface area contributed by atoms with Crippen LogP contribution in [0, 0.1) is 7.11 Å². The van der Waals surface area contributed by atoms with Gasteiger partial charge in [0.25, 0.3) is 0 Å². The maximum absolute atomic E-state index is 4.91. The summed E-state index contributed by atoms with van der Waals surface area (Å²) in [7, 11) is 3.40. The fraction of sp³-hybridized carbons (Fsp3) is 0.900. The molecule has 1 unspecified atom stereocenters. The molecule has 67 valence electrons. The third kappa shape index (κ3) is 7.86. The number of hydrogen-bond acceptors (Lipinski definition) is 1. The summed E-state index contributed by atoms with van der Waals surface area (Å²) >= 11 is 0. The fourth-order valence-corrected chi connectivity index (χ4v) is 1.12. The normalized spacial score (nSPS) is 13.4. The molecule has 0 saturated carbocycles. The van der Waals surface area contributed by atoms with Crippen molar-refractivity contribution in [3.63, 3.8) is 0 Å². The Balaban J connectivity index is 2.89. The average molecular weight is 157 g/mol. The van der Waals surface area contributed by atoms with Crippen molar-refractivity contribution in [2.75, 3.05) is 0 Å². The first-order chi connectivity index (χ1) is 5.31. The standard InChI is InChI=1S/C10H21O/c1-4-5-6-7-8-9-10(2)11-3/h10H,3-9H2,1-2H3. The van der Waals surface area contributed by atoms with E-state index in [-0.39, 0.29) is 0 Å². The van der Waals surface area contributed by atoms with Crippen LogP contribution in [-0.4, -0.2) is 6.10 Å². The van der Waals surface area contributed by atoms with Gasteiger partial charge in [-0.05, 0) is 13.3 Å². The molecule has 11 heavy (non-hydrogen) atoms. The molecule has 0 fully saturated rings. The van der Waals surface area contributed by atoms with E-state index in [4.69, 9.17) is 4.74 Å². The van der Waals surface area contributed by atoms with E-state index in [1.165, 1.54) is 32.1 Å². The second-order valence-electron chi connectivity index (χ2n) is 3.18. The Morgan fingerprint density at radius 3 is 2.36 bits per heavy atom. The van der Waals surface area contributed by atoms with Crippen molar-refractivity contribution in [1.29, 1.82) is 0 Å². The van der Waals surface area contributed by atoms with E-state index in [1.54, 1.807) is 0 Å². The van der Waals surface area contributed by atoms with Crippen LogP contribution in [-0.2, 0) is 4.74 Å². The minimum Gasteiger partial charge on any atom is -0.376 e. The van der Waals surface area contributed by atoms with Crippen molar-refractivity contribution in [1.82, 2.24) is 0 Å². The highest BCUT2D eigenvalue weighted by atomic mass is 16.5. The lowest BCUT2D eigenvalue weighted by Gasteiger charge is -2.07. The average Bonchev–Trinajstić information content (AvgIpc) is 2.04. The molecule has 0 rings (SSSR count). The Hall–Kier alpha value is -0.0400. The van der Waals surface area contributed by atoms with Gasteiger partial charge in [0.1, 0.15) is 0 Å². The third-order valence-corrected chi connectivity index (χ3v) is 2.00. The van der Waals surface area contributed by atoms with Crippen LogP contribution in [0.2, 0.25) is 0 Å². The molecule has 0 amide bonds. The first-order valence-corrected chi connectivity index (χ1v) is 4.72. The third-order valence-electron chi connectivity index (χ3n) is 2.00. The van der Waals surface area contributed by atoms with Gasteiger partial charge in [-0.1, -0.05) is 39.0 Å². The zero-order valence-corrected chi connectivity index (χ0v) is 7.94. The molecule has 0 aromatic heterocycles. The summed E-state index contributed by atoms with van der Waals surface area (Å²) in [5.41, 5.74) is 0. The van der Waals surface area contributed by atoms with Gasteiger partial charge in [-0.25, -0.2) is 0 Å². The van der Waals surface area contributed by atoms with Crippen LogP contribution in [0.25, 0.3) is 0 Å². The minimum atomic E-state index is 0.344. The predicted octanol–water partition coefficient (Wildman–Crippen LogP) is 3.54. The van der Waals surface area contributed by atoms with E-state index in [2.05, 4.69) is 21.0 Å². The van der Waals surface area contributed by atoms with E-state index >= 15 is 0 Å². The second kappa shape index (κ2) is 8.06. The molecule has 0 saturated heterocycles. The molecular formula is C10H21O. The van der Waals surface area contributed by atoms with Crippen LogP contribution in [0.4, 0.5) is 0 Å². The molecule has 1 heteroatoms. The van der Waals surface area contributed by atoms with E-state index < -0.39 is 0 Å². The van der Waals surface area contributed by atoms with Gasteiger partial charge in [0.2, 0.25) is 0 Å². The summed E-state index contributed by atoms with van der Waals surface area (Å²) in [6.45, 7) is 4.31. The fourth-order valence-electron chi connectivity index (χ4n) is 1.12. The molecule has 0 bridgehead atoms. The van der Waals surface area contributed by atoms with Crippen molar-refractivity contribution in [3.05, 3.63) is 7.11 Å². The Labute approximate surface area is 71.1 Å². The number of hydrogen-bond donors (Lipinski definition) is 0. The molecule has 0 aromatic carbocycles. The zero-order valence-electron chi connectivity index (χ0n) is 7.94.